The zero-order valence-electron chi connectivity index (χ0n) is 12.1. The molecule has 2 rings (SSSR count). The average molecular weight is 293 g/mol. The molecule has 0 unspecified atom stereocenters. The van der Waals surface area contributed by atoms with Crippen LogP contribution in [0.1, 0.15) is 29.6 Å². The molecule has 0 saturated heterocycles. The fourth-order valence-electron chi connectivity index (χ4n) is 2.39. The van der Waals surface area contributed by atoms with Gasteiger partial charge >= 0.3 is 0 Å². The Bertz CT molecular complexity index is 562. The van der Waals surface area contributed by atoms with Crippen LogP contribution in [0.2, 0.25) is 0 Å². The molecule has 21 heavy (non-hydrogen) atoms. The Balaban J connectivity index is 2.34. The predicted octanol–water partition coefficient (Wildman–Crippen LogP) is 1.62. The maximum absolute atomic E-state index is 11.9. The number of hydrogen-bond acceptors (Lipinski definition) is 5. The van der Waals surface area contributed by atoms with Crippen LogP contribution in [0.15, 0.2) is 18.2 Å². The van der Waals surface area contributed by atoms with E-state index in [4.69, 9.17) is 0 Å². The number of aliphatic hydroxyl groups is 1. The van der Waals surface area contributed by atoms with Crippen molar-refractivity contribution < 1.29 is 14.8 Å². The van der Waals surface area contributed by atoms with Crippen LogP contribution in [-0.4, -0.2) is 47.1 Å². The third kappa shape index (κ3) is 2.97. The Hall–Kier alpha value is -2.15. The highest BCUT2D eigenvalue weighted by molar-refractivity contribution is 5.95. The lowest BCUT2D eigenvalue weighted by atomic mass is 9.77. The van der Waals surface area contributed by atoms with E-state index in [-0.39, 0.29) is 23.8 Å². The molecular weight excluding hydrogens is 274 g/mol. The summed E-state index contributed by atoms with van der Waals surface area (Å²) >= 11 is 0. The number of nitro groups is 1. The number of nitro benzene ring substituents is 1. The summed E-state index contributed by atoms with van der Waals surface area (Å²) < 4.78 is 0. The number of aliphatic hydroxyl groups excluding tert-OH is 1. The highest BCUT2D eigenvalue weighted by Crippen LogP contribution is 2.37. The molecule has 7 heteroatoms. The molecule has 1 aliphatic rings. The normalized spacial score (nSPS) is 16.0. The third-order valence-corrected chi connectivity index (χ3v) is 3.86. The molecule has 1 aromatic rings. The lowest BCUT2D eigenvalue weighted by Crippen LogP contribution is -2.48. The molecule has 114 valence electrons. The molecular formula is C14H19N3O4. The maximum atomic E-state index is 11.9. The summed E-state index contributed by atoms with van der Waals surface area (Å²) in [5.41, 5.74) is -0.0203. The Morgan fingerprint density at radius 1 is 1.48 bits per heavy atom. The van der Waals surface area contributed by atoms with Gasteiger partial charge in [0.25, 0.3) is 11.6 Å². The number of rotatable bonds is 5. The van der Waals surface area contributed by atoms with Crippen LogP contribution in [-0.2, 0) is 0 Å². The Morgan fingerprint density at radius 3 is 2.57 bits per heavy atom. The smallest absolute Gasteiger partial charge is 0.293 e. The van der Waals surface area contributed by atoms with Crippen molar-refractivity contribution >= 4 is 17.3 Å². The Labute approximate surface area is 122 Å². The van der Waals surface area contributed by atoms with E-state index in [0.717, 1.165) is 19.3 Å². The SMILES string of the molecule is CN(C)C(=O)c1ccc(NC2(CO)CCC2)c([N+](=O)[O-])c1. The van der Waals surface area contributed by atoms with Gasteiger partial charge in [0.2, 0.25) is 0 Å². The van der Waals surface area contributed by atoms with E-state index in [1.165, 1.54) is 17.0 Å². The predicted molar refractivity (Wildman–Crippen MR) is 78.4 cm³/mol. The van der Waals surface area contributed by atoms with Gasteiger partial charge in [0.15, 0.2) is 0 Å². The number of benzene rings is 1. The highest BCUT2D eigenvalue weighted by atomic mass is 16.6. The van der Waals surface area contributed by atoms with Crippen molar-refractivity contribution in [2.75, 3.05) is 26.0 Å². The first-order valence-corrected chi connectivity index (χ1v) is 6.78. The van der Waals surface area contributed by atoms with Crippen LogP contribution in [0.4, 0.5) is 11.4 Å². The van der Waals surface area contributed by atoms with Gasteiger partial charge < -0.3 is 15.3 Å². The molecule has 0 aromatic heterocycles. The second-order valence-corrected chi connectivity index (χ2v) is 5.61. The van der Waals surface area contributed by atoms with E-state index in [1.54, 1.807) is 20.2 Å². The number of anilines is 1. The first-order valence-electron chi connectivity index (χ1n) is 6.78. The van der Waals surface area contributed by atoms with Gasteiger partial charge in [-0.05, 0) is 31.4 Å². The van der Waals surface area contributed by atoms with Crippen LogP contribution in [0.5, 0.6) is 0 Å². The average Bonchev–Trinajstić information content (AvgIpc) is 2.41. The lowest BCUT2D eigenvalue weighted by molar-refractivity contribution is -0.384. The van der Waals surface area contributed by atoms with Crippen molar-refractivity contribution in [1.29, 1.82) is 0 Å². The van der Waals surface area contributed by atoms with E-state index in [0.29, 0.717) is 5.69 Å². The molecule has 0 aliphatic heterocycles. The lowest BCUT2D eigenvalue weighted by Gasteiger charge is -2.41. The van der Waals surface area contributed by atoms with Gasteiger partial charge in [-0.2, -0.15) is 0 Å². The molecule has 1 fully saturated rings. The first kappa shape index (κ1) is 15.2. The Morgan fingerprint density at radius 2 is 2.14 bits per heavy atom. The van der Waals surface area contributed by atoms with E-state index >= 15 is 0 Å². The largest absolute Gasteiger partial charge is 0.394 e. The van der Waals surface area contributed by atoms with Crippen molar-refractivity contribution in [3.8, 4) is 0 Å². The second-order valence-electron chi connectivity index (χ2n) is 5.61. The van der Waals surface area contributed by atoms with E-state index in [2.05, 4.69) is 5.32 Å². The number of carbonyl (C=O) groups excluding carboxylic acids is 1. The van der Waals surface area contributed by atoms with Gasteiger partial charge in [-0.15, -0.1) is 0 Å². The number of nitrogens with zero attached hydrogens (tertiary/aromatic N) is 2. The highest BCUT2D eigenvalue weighted by Gasteiger charge is 2.37. The van der Waals surface area contributed by atoms with Crippen molar-refractivity contribution in [2.45, 2.75) is 24.8 Å². The molecule has 0 atom stereocenters. The number of hydrogen-bond donors (Lipinski definition) is 2. The number of nitrogens with one attached hydrogen (secondary N) is 1. The molecule has 1 amide bonds. The van der Waals surface area contributed by atoms with Crippen LogP contribution in [0, 0.1) is 10.1 Å². The molecule has 0 spiro atoms. The molecule has 0 heterocycles. The van der Waals surface area contributed by atoms with Gasteiger partial charge in [0.1, 0.15) is 5.69 Å². The fourth-order valence-corrected chi connectivity index (χ4v) is 2.39. The minimum atomic E-state index is -0.515. The quantitative estimate of drug-likeness (QED) is 0.635. The van der Waals surface area contributed by atoms with Crippen LogP contribution < -0.4 is 5.32 Å². The zero-order chi connectivity index (χ0) is 15.6. The topological polar surface area (TPSA) is 95.7 Å². The first-order chi connectivity index (χ1) is 9.88. The minimum absolute atomic E-state index is 0.0669. The molecule has 0 radical (unpaired) electrons. The summed E-state index contributed by atoms with van der Waals surface area (Å²) in [6.45, 7) is -0.0669. The van der Waals surface area contributed by atoms with E-state index in [1.807, 2.05) is 0 Å². The molecule has 0 bridgehead atoms. The summed E-state index contributed by atoms with van der Waals surface area (Å²) in [6.07, 6.45) is 2.54. The van der Waals surface area contributed by atoms with E-state index < -0.39 is 10.5 Å². The summed E-state index contributed by atoms with van der Waals surface area (Å²) in [7, 11) is 3.19. The van der Waals surface area contributed by atoms with Crippen molar-refractivity contribution in [3.05, 3.63) is 33.9 Å². The van der Waals surface area contributed by atoms with E-state index in [9.17, 15) is 20.0 Å². The van der Waals surface area contributed by atoms with Crippen LogP contribution in [0.3, 0.4) is 0 Å². The number of carbonyl (C=O) groups is 1. The fraction of sp³-hybridized carbons (Fsp3) is 0.500. The molecule has 1 aliphatic carbocycles. The van der Waals surface area contributed by atoms with Crippen molar-refractivity contribution in [2.24, 2.45) is 0 Å². The second kappa shape index (κ2) is 5.69. The zero-order valence-corrected chi connectivity index (χ0v) is 12.1. The third-order valence-electron chi connectivity index (χ3n) is 3.86. The van der Waals surface area contributed by atoms with Gasteiger partial charge in [-0.25, -0.2) is 0 Å². The van der Waals surface area contributed by atoms with Crippen molar-refractivity contribution in [3.63, 3.8) is 0 Å². The number of amides is 1. The molecule has 2 N–H and O–H groups in total. The van der Waals surface area contributed by atoms with Crippen molar-refractivity contribution in [1.82, 2.24) is 4.90 Å². The Kier molecular flexibility index (Phi) is 4.13. The van der Waals surface area contributed by atoms with Crippen LogP contribution >= 0.6 is 0 Å². The molecule has 1 saturated carbocycles. The molecule has 1 aromatic carbocycles. The van der Waals surface area contributed by atoms with Gasteiger partial charge in [-0.3, -0.25) is 14.9 Å². The maximum Gasteiger partial charge on any atom is 0.293 e. The summed E-state index contributed by atoms with van der Waals surface area (Å²) in [5.74, 6) is -0.287. The summed E-state index contributed by atoms with van der Waals surface area (Å²) in [4.78, 5) is 24.0. The van der Waals surface area contributed by atoms with Gasteiger partial charge in [0.05, 0.1) is 17.1 Å². The van der Waals surface area contributed by atoms with Crippen LogP contribution in [0.25, 0.3) is 0 Å². The monoisotopic (exact) mass is 293 g/mol. The molecule has 7 nitrogen and oxygen atoms in total. The van der Waals surface area contributed by atoms with Gasteiger partial charge in [0, 0.05) is 25.7 Å². The summed E-state index contributed by atoms with van der Waals surface area (Å²) in [5, 5.41) is 23.7. The summed E-state index contributed by atoms with van der Waals surface area (Å²) in [6, 6.07) is 4.36. The standard InChI is InChI=1S/C14H19N3O4/c1-16(2)13(19)10-4-5-11(12(8-10)17(20)21)15-14(9-18)6-3-7-14/h4-5,8,15,18H,3,6-7,9H2,1-2H3. The minimum Gasteiger partial charge on any atom is -0.394 e. The van der Waals surface area contributed by atoms with Gasteiger partial charge in [-0.1, -0.05) is 0 Å².